The quantitative estimate of drug-likeness (QED) is 0.0197. The highest BCUT2D eigenvalue weighted by atomic mass is 16.7. The fourth-order valence-corrected chi connectivity index (χ4v) is 5.86. The third kappa shape index (κ3) is 42.7. The van der Waals surface area contributed by atoms with Gasteiger partial charge >= 0.3 is 11.9 Å². The minimum absolute atomic E-state index is 0.133. The van der Waals surface area contributed by atoms with Crippen LogP contribution < -0.4 is 5.11 Å². The van der Waals surface area contributed by atoms with Crippen molar-refractivity contribution in [3.63, 3.8) is 0 Å². The van der Waals surface area contributed by atoms with Crippen LogP contribution in [0.1, 0.15) is 168 Å². The van der Waals surface area contributed by atoms with E-state index in [9.17, 15) is 19.5 Å². The first-order chi connectivity index (χ1) is 28.6. The Morgan fingerprint density at radius 1 is 0.525 bits per heavy atom. The predicted octanol–water partition coefficient (Wildman–Crippen LogP) is 11.0. The van der Waals surface area contributed by atoms with Crippen LogP contribution in [-0.4, -0.2) is 82.3 Å². The minimum Gasteiger partial charge on any atom is -0.545 e. The van der Waals surface area contributed by atoms with Crippen molar-refractivity contribution in [2.24, 2.45) is 0 Å². The second-order valence-corrected chi connectivity index (χ2v) is 16.3. The molecule has 0 aromatic rings. The monoisotopic (exact) mass is 828 g/mol. The molecule has 0 fully saturated rings. The summed E-state index contributed by atoms with van der Waals surface area (Å²) in [6.07, 6.45) is 48.0. The van der Waals surface area contributed by atoms with E-state index in [2.05, 4.69) is 80.7 Å². The molecule has 9 heteroatoms. The molecule has 0 heterocycles. The predicted molar refractivity (Wildman–Crippen MR) is 241 cm³/mol. The summed E-state index contributed by atoms with van der Waals surface area (Å²) in [6, 6.07) is 0. The number of nitrogens with zero attached hydrogens (tertiary/aromatic N) is 1. The summed E-state index contributed by atoms with van der Waals surface area (Å²) in [7, 11) is 5.88. The van der Waals surface area contributed by atoms with Gasteiger partial charge in [0.2, 0.25) is 0 Å². The highest BCUT2D eigenvalue weighted by Gasteiger charge is 2.21. The van der Waals surface area contributed by atoms with Crippen LogP contribution in [0.5, 0.6) is 0 Å². The van der Waals surface area contributed by atoms with Crippen LogP contribution in [0.2, 0.25) is 0 Å². The molecule has 0 aromatic heterocycles. The maximum Gasteiger partial charge on any atom is 0.306 e. The molecule has 0 aliphatic rings. The van der Waals surface area contributed by atoms with Crippen molar-refractivity contribution >= 4 is 17.9 Å². The van der Waals surface area contributed by atoms with Crippen LogP contribution in [0.25, 0.3) is 0 Å². The molecule has 0 aromatic carbocycles. The van der Waals surface area contributed by atoms with E-state index in [4.69, 9.17) is 18.9 Å². The van der Waals surface area contributed by atoms with Crippen molar-refractivity contribution in [2.75, 3.05) is 47.5 Å². The molecule has 9 nitrogen and oxygen atoms in total. The molecule has 2 atom stereocenters. The summed E-state index contributed by atoms with van der Waals surface area (Å²) in [5, 5.41) is 11.7. The lowest BCUT2D eigenvalue weighted by Crippen LogP contribution is -2.44. The van der Waals surface area contributed by atoms with E-state index in [1.807, 2.05) is 27.2 Å². The number of carboxylic acid groups (broad SMARTS) is 1. The number of unbranched alkanes of at least 4 members (excludes halogenated alkanes) is 14. The molecule has 0 rings (SSSR count). The molecule has 0 saturated heterocycles. The van der Waals surface area contributed by atoms with Gasteiger partial charge in [0.05, 0.1) is 40.3 Å². The van der Waals surface area contributed by atoms with E-state index in [-0.39, 0.29) is 38.6 Å². The second kappa shape index (κ2) is 41.5. The van der Waals surface area contributed by atoms with E-state index in [0.29, 0.717) is 23.9 Å². The van der Waals surface area contributed by atoms with Crippen molar-refractivity contribution in [3.05, 3.63) is 72.9 Å². The third-order valence-electron chi connectivity index (χ3n) is 9.44. The van der Waals surface area contributed by atoms with E-state index in [1.54, 1.807) is 0 Å². The van der Waals surface area contributed by atoms with Crippen molar-refractivity contribution < 1.29 is 42.9 Å². The summed E-state index contributed by atoms with van der Waals surface area (Å²) in [4.78, 5) is 37.0. The molecule has 2 unspecified atom stereocenters. The Balaban J connectivity index is 4.53. The molecule has 0 bridgehead atoms. The zero-order chi connectivity index (χ0) is 43.5. The first-order valence-electron chi connectivity index (χ1n) is 23.1. The van der Waals surface area contributed by atoms with Gasteiger partial charge in [-0.25, -0.2) is 0 Å². The summed E-state index contributed by atoms with van der Waals surface area (Å²) in [5.74, 6) is -2.38. The van der Waals surface area contributed by atoms with Crippen LogP contribution in [0.3, 0.4) is 0 Å². The molecular weight excluding hydrogens is 743 g/mol. The van der Waals surface area contributed by atoms with E-state index in [1.165, 1.54) is 64.2 Å². The minimum atomic E-state index is -1.64. The van der Waals surface area contributed by atoms with Gasteiger partial charge < -0.3 is 33.3 Å². The Morgan fingerprint density at radius 2 is 0.983 bits per heavy atom. The first kappa shape index (κ1) is 55.7. The lowest BCUT2D eigenvalue weighted by Gasteiger charge is -2.26. The Morgan fingerprint density at radius 3 is 1.51 bits per heavy atom. The lowest BCUT2D eigenvalue weighted by atomic mass is 10.1. The number of carboxylic acids is 1. The Hall–Kier alpha value is -3.27. The number of likely N-dealkylation sites (N-methyl/N-ethyl adjacent to an activating group) is 1. The summed E-state index contributed by atoms with van der Waals surface area (Å²) in [5.41, 5.74) is 0. The van der Waals surface area contributed by atoms with Crippen molar-refractivity contribution in [1.29, 1.82) is 0 Å². The molecule has 338 valence electrons. The Kier molecular flexibility index (Phi) is 39.2. The maximum absolute atomic E-state index is 12.7. The van der Waals surface area contributed by atoms with E-state index >= 15 is 0 Å². The van der Waals surface area contributed by atoms with Gasteiger partial charge in [-0.2, -0.15) is 0 Å². The molecule has 0 amide bonds. The highest BCUT2D eigenvalue weighted by molar-refractivity contribution is 5.70. The van der Waals surface area contributed by atoms with Gasteiger partial charge in [-0.3, -0.25) is 9.59 Å². The number of hydrogen-bond acceptors (Lipinski definition) is 8. The second-order valence-electron chi connectivity index (χ2n) is 16.3. The van der Waals surface area contributed by atoms with Crippen LogP contribution >= 0.6 is 0 Å². The van der Waals surface area contributed by atoms with E-state index in [0.717, 1.165) is 64.2 Å². The normalized spacial score (nSPS) is 13.6. The van der Waals surface area contributed by atoms with E-state index < -0.39 is 24.3 Å². The molecule has 0 N–H and O–H groups in total. The van der Waals surface area contributed by atoms with Gasteiger partial charge in [0.15, 0.2) is 12.4 Å². The lowest BCUT2D eigenvalue weighted by molar-refractivity contribution is -0.870. The smallest absolute Gasteiger partial charge is 0.306 e. The third-order valence-corrected chi connectivity index (χ3v) is 9.44. The van der Waals surface area contributed by atoms with Gasteiger partial charge in [0.1, 0.15) is 13.2 Å². The van der Waals surface area contributed by atoms with Crippen molar-refractivity contribution in [3.8, 4) is 0 Å². The molecule has 0 saturated carbocycles. The topological polar surface area (TPSA) is 111 Å². The van der Waals surface area contributed by atoms with Gasteiger partial charge in [-0.15, -0.1) is 0 Å². The summed E-state index contributed by atoms with van der Waals surface area (Å²) in [6.45, 7) is 4.53. The molecule has 0 spiro atoms. The zero-order valence-electron chi connectivity index (χ0n) is 38.1. The number of rotatable bonds is 41. The number of carbonyl (C=O) groups excluding carboxylic acids is 3. The molecule has 0 aliphatic heterocycles. The number of allylic oxidation sites excluding steroid dienone is 12. The number of quaternary nitrogens is 1. The molecule has 0 aliphatic carbocycles. The highest BCUT2D eigenvalue weighted by Crippen LogP contribution is 2.13. The van der Waals surface area contributed by atoms with Crippen LogP contribution in [0.15, 0.2) is 72.9 Å². The fraction of sp³-hybridized carbons (Fsp3) is 0.700. The average Bonchev–Trinajstić information content (AvgIpc) is 3.19. The number of ether oxygens (including phenoxy) is 4. The summed E-state index contributed by atoms with van der Waals surface area (Å²) < 4.78 is 22.5. The van der Waals surface area contributed by atoms with Crippen molar-refractivity contribution in [1.82, 2.24) is 0 Å². The largest absolute Gasteiger partial charge is 0.545 e. The first-order valence-corrected chi connectivity index (χ1v) is 23.1. The van der Waals surface area contributed by atoms with Gasteiger partial charge in [-0.1, -0.05) is 151 Å². The number of esters is 2. The van der Waals surface area contributed by atoms with Gasteiger partial charge in [0, 0.05) is 12.8 Å². The fourth-order valence-electron chi connectivity index (χ4n) is 5.86. The molecular formula is C50H85NO8. The zero-order valence-corrected chi connectivity index (χ0v) is 38.1. The number of carbonyl (C=O) groups is 3. The standard InChI is InChI=1S/C50H85NO8/c1-6-8-10-12-14-16-18-20-22-24-26-28-30-32-34-36-38-40-47(52)57-44-46(45-58-50(49(54)55)56-43-42-51(3,4)5)59-48(53)41-39-37-35-33-31-29-27-25-23-21-19-17-15-13-11-9-7-2/h9,11,15,17,20-23,27,29,33,35,46,50H,6-8,10,12-14,16,18-19,24-26,28,30-32,34,36-45H2,1-5H3/b11-9-,17-15-,22-20-,23-21-,29-27-,35-33-. The summed E-state index contributed by atoms with van der Waals surface area (Å²) >= 11 is 0. The maximum atomic E-state index is 12.7. The molecule has 59 heavy (non-hydrogen) atoms. The van der Waals surface area contributed by atoms with Crippen LogP contribution in [-0.2, 0) is 33.3 Å². The number of hydrogen-bond donors (Lipinski definition) is 0. The van der Waals surface area contributed by atoms with Gasteiger partial charge in [-0.05, 0) is 77.0 Å². The van der Waals surface area contributed by atoms with Gasteiger partial charge in [0.25, 0.3) is 0 Å². The van der Waals surface area contributed by atoms with Crippen molar-refractivity contribution in [2.45, 2.75) is 180 Å². The Bertz CT molecular complexity index is 1200. The number of aliphatic carboxylic acids is 1. The van der Waals surface area contributed by atoms with Crippen LogP contribution in [0, 0.1) is 0 Å². The Labute approximate surface area is 360 Å². The SMILES string of the molecule is CC/C=C\C/C=C\C/C=C\C/C=C\C/C=C\CCCC(=O)OC(COC(=O)CCCCCCCCC/C=C\CCCCCCCC)COC(OCC[N+](C)(C)C)C(=O)[O-]. The average molecular weight is 828 g/mol. The molecule has 0 radical (unpaired) electrons. The van der Waals surface area contributed by atoms with Crippen LogP contribution in [0.4, 0.5) is 0 Å².